The van der Waals surface area contributed by atoms with Gasteiger partial charge in [0.15, 0.2) is 5.82 Å². The number of fused-ring (bicyclic) bond motifs is 1. The smallest absolute Gasteiger partial charge is 0.174 e. The molecule has 2 aromatic rings. The van der Waals surface area contributed by atoms with E-state index < -0.39 is 0 Å². The van der Waals surface area contributed by atoms with Crippen molar-refractivity contribution in [2.45, 2.75) is 26.4 Å². The average molecular weight is 234 g/mol. The molecule has 4 nitrogen and oxygen atoms in total. The first-order chi connectivity index (χ1) is 7.88. The summed E-state index contributed by atoms with van der Waals surface area (Å²) in [5.74, 6) is 2.08. The maximum absolute atomic E-state index is 4.30. The Morgan fingerprint density at radius 2 is 2.38 bits per heavy atom. The molecule has 0 amide bonds. The van der Waals surface area contributed by atoms with Crippen molar-refractivity contribution in [1.29, 1.82) is 0 Å². The molecule has 0 radical (unpaired) electrons. The van der Waals surface area contributed by atoms with Gasteiger partial charge in [-0.1, -0.05) is 6.92 Å². The van der Waals surface area contributed by atoms with Crippen molar-refractivity contribution in [3.05, 3.63) is 22.8 Å². The molecule has 2 aromatic heterocycles. The van der Waals surface area contributed by atoms with Crippen LogP contribution in [0, 0.1) is 0 Å². The van der Waals surface area contributed by atoms with Crippen LogP contribution in [0.5, 0.6) is 0 Å². The number of rotatable bonds is 2. The number of hydrogen-bond acceptors (Lipinski definition) is 4. The predicted octanol–water partition coefficient (Wildman–Crippen LogP) is 1.67. The molecule has 1 aliphatic heterocycles. The van der Waals surface area contributed by atoms with E-state index >= 15 is 0 Å². The Bertz CT molecular complexity index is 500. The highest BCUT2D eigenvalue weighted by atomic mass is 32.1. The summed E-state index contributed by atoms with van der Waals surface area (Å²) in [6.07, 6.45) is 1.09. The molecule has 1 N–H and O–H groups in total. The van der Waals surface area contributed by atoms with E-state index in [0.717, 1.165) is 37.7 Å². The van der Waals surface area contributed by atoms with Crippen LogP contribution in [0.1, 0.15) is 17.6 Å². The lowest BCUT2D eigenvalue weighted by Gasteiger charge is -2.15. The average Bonchev–Trinajstić information content (AvgIpc) is 2.94. The van der Waals surface area contributed by atoms with Gasteiger partial charge in [0, 0.05) is 18.0 Å². The fourth-order valence-electron chi connectivity index (χ4n) is 1.96. The first kappa shape index (κ1) is 9.99. The van der Waals surface area contributed by atoms with Gasteiger partial charge in [-0.05, 0) is 18.6 Å². The zero-order valence-corrected chi connectivity index (χ0v) is 10.0. The number of aryl methyl sites for hydroxylation is 1. The molecule has 0 unspecified atom stereocenters. The van der Waals surface area contributed by atoms with Gasteiger partial charge in [0.05, 0.1) is 11.4 Å². The van der Waals surface area contributed by atoms with Crippen LogP contribution in [-0.2, 0) is 19.5 Å². The van der Waals surface area contributed by atoms with Crippen LogP contribution in [0.4, 0.5) is 0 Å². The predicted molar refractivity (Wildman–Crippen MR) is 64.4 cm³/mol. The van der Waals surface area contributed by atoms with Gasteiger partial charge in [0.25, 0.3) is 0 Å². The number of nitrogens with zero attached hydrogens (tertiary/aromatic N) is 3. The lowest BCUT2D eigenvalue weighted by Crippen LogP contribution is -2.28. The molecule has 0 spiro atoms. The molecule has 3 heterocycles. The van der Waals surface area contributed by atoms with Gasteiger partial charge in [0.1, 0.15) is 5.82 Å². The molecule has 16 heavy (non-hydrogen) atoms. The van der Waals surface area contributed by atoms with Gasteiger partial charge in [-0.25, -0.2) is 0 Å². The van der Waals surface area contributed by atoms with Gasteiger partial charge >= 0.3 is 0 Å². The molecule has 0 atom stereocenters. The minimum Gasteiger partial charge on any atom is -0.308 e. The Balaban J connectivity index is 2.02. The molecule has 0 saturated heterocycles. The quantitative estimate of drug-likeness (QED) is 0.859. The number of hydrogen-bond donors (Lipinski definition) is 1. The summed E-state index contributed by atoms with van der Waals surface area (Å²) < 4.78 is 2.22. The van der Waals surface area contributed by atoms with Gasteiger partial charge in [0.2, 0.25) is 0 Å². The fourth-order valence-corrected chi connectivity index (χ4v) is 2.90. The minimum atomic E-state index is 0.832. The van der Waals surface area contributed by atoms with Crippen molar-refractivity contribution in [2.75, 3.05) is 6.54 Å². The Hall–Kier alpha value is -1.20. The monoisotopic (exact) mass is 234 g/mol. The fraction of sp³-hybridized carbons (Fsp3) is 0.455. The van der Waals surface area contributed by atoms with Crippen molar-refractivity contribution >= 4 is 11.3 Å². The molecule has 0 aromatic carbocycles. The summed E-state index contributed by atoms with van der Waals surface area (Å²) in [4.78, 5) is 2.64. The van der Waals surface area contributed by atoms with Crippen LogP contribution in [0.3, 0.4) is 0 Å². The number of thiophene rings is 1. The Labute approximate surface area is 98.3 Å². The van der Waals surface area contributed by atoms with E-state index in [-0.39, 0.29) is 0 Å². The molecular weight excluding hydrogens is 220 g/mol. The molecule has 0 fully saturated rings. The highest BCUT2D eigenvalue weighted by Crippen LogP contribution is 2.27. The summed E-state index contributed by atoms with van der Waals surface area (Å²) in [5, 5.41) is 11.8. The third-order valence-electron chi connectivity index (χ3n) is 2.85. The number of aromatic nitrogens is 3. The molecule has 5 heteroatoms. The highest BCUT2D eigenvalue weighted by molar-refractivity contribution is 7.15. The van der Waals surface area contributed by atoms with Crippen LogP contribution in [0.25, 0.3) is 10.7 Å². The van der Waals surface area contributed by atoms with E-state index in [1.807, 2.05) is 11.3 Å². The standard InChI is InChI=1S/C11H14N4S/c1-2-8-3-4-9(16-8)11-14-13-10-7-12-5-6-15(10)11/h3-4,12H,2,5-7H2,1H3. The second-order valence-electron chi connectivity index (χ2n) is 3.89. The largest absolute Gasteiger partial charge is 0.308 e. The Morgan fingerprint density at radius 3 is 3.19 bits per heavy atom. The van der Waals surface area contributed by atoms with E-state index in [2.05, 4.69) is 39.1 Å². The highest BCUT2D eigenvalue weighted by Gasteiger charge is 2.17. The Kier molecular flexibility index (Phi) is 2.49. The lowest BCUT2D eigenvalue weighted by molar-refractivity contribution is 0.508. The Morgan fingerprint density at radius 1 is 1.44 bits per heavy atom. The van der Waals surface area contributed by atoms with Crippen molar-refractivity contribution in [3.63, 3.8) is 0 Å². The van der Waals surface area contributed by atoms with Crippen molar-refractivity contribution in [2.24, 2.45) is 0 Å². The summed E-state index contributed by atoms with van der Waals surface area (Å²) in [5.41, 5.74) is 0. The summed E-state index contributed by atoms with van der Waals surface area (Å²) in [6, 6.07) is 4.34. The van der Waals surface area contributed by atoms with E-state index in [9.17, 15) is 0 Å². The minimum absolute atomic E-state index is 0.832. The summed E-state index contributed by atoms with van der Waals surface area (Å²) in [7, 11) is 0. The second-order valence-corrected chi connectivity index (χ2v) is 5.06. The summed E-state index contributed by atoms with van der Waals surface area (Å²) in [6.45, 7) is 4.99. The van der Waals surface area contributed by atoms with Crippen LogP contribution < -0.4 is 5.32 Å². The topological polar surface area (TPSA) is 42.7 Å². The van der Waals surface area contributed by atoms with Crippen LogP contribution in [0.2, 0.25) is 0 Å². The van der Waals surface area contributed by atoms with E-state index in [1.54, 1.807) is 0 Å². The van der Waals surface area contributed by atoms with E-state index in [1.165, 1.54) is 9.75 Å². The van der Waals surface area contributed by atoms with Crippen molar-refractivity contribution < 1.29 is 0 Å². The summed E-state index contributed by atoms with van der Waals surface area (Å²) >= 11 is 1.82. The first-order valence-electron chi connectivity index (χ1n) is 5.60. The molecule has 1 aliphatic rings. The zero-order chi connectivity index (χ0) is 11.0. The van der Waals surface area contributed by atoms with Crippen LogP contribution in [-0.4, -0.2) is 21.3 Å². The van der Waals surface area contributed by atoms with Crippen LogP contribution in [0.15, 0.2) is 12.1 Å². The van der Waals surface area contributed by atoms with Crippen molar-refractivity contribution in [1.82, 2.24) is 20.1 Å². The van der Waals surface area contributed by atoms with Crippen molar-refractivity contribution in [3.8, 4) is 10.7 Å². The van der Waals surface area contributed by atoms with Gasteiger partial charge < -0.3 is 9.88 Å². The number of nitrogens with one attached hydrogen (secondary N) is 1. The van der Waals surface area contributed by atoms with Gasteiger partial charge in [-0.15, -0.1) is 21.5 Å². The molecule has 0 saturated carbocycles. The maximum Gasteiger partial charge on any atom is 0.174 e. The van der Waals surface area contributed by atoms with Gasteiger partial charge in [-0.3, -0.25) is 0 Å². The molecule has 84 valence electrons. The van der Waals surface area contributed by atoms with E-state index in [0.29, 0.717) is 0 Å². The van der Waals surface area contributed by atoms with Crippen LogP contribution >= 0.6 is 11.3 Å². The molecule has 0 aliphatic carbocycles. The lowest BCUT2D eigenvalue weighted by atomic mass is 10.3. The van der Waals surface area contributed by atoms with Gasteiger partial charge in [-0.2, -0.15) is 0 Å². The maximum atomic E-state index is 4.30. The third kappa shape index (κ3) is 1.56. The first-order valence-corrected chi connectivity index (χ1v) is 6.42. The normalized spacial score (nSPS) is 15.1. The third-order valence-corrected chi connectivity index (χ3v) is 4.08. The molecule has 0 bridgehead atoms. The second kappa shape index (κ2) is 3.99. The molecular formula is C11H14N4S. The molecule has 3 rings (SSSR count). The zero-order valence-electron chi connectivity index (χ0n) is 9.23. The SMILES string of the molecule is CCc1ccc(-c2nnc3n2CCNC3)s1. The van der Waals surface area contributed by atoms with E-state index in [4.69, 9.17) is 0 Å².